The molecule has 0 aromatic heterocycles. The Morgan fingerprint density at radius 2 is 0.596 bits per heavy atom. The first kappa shape index (κ1) is 63.9. The SMILES string of the molecule is CC(C)(C)c1cc2c3c(cc4c(C(C)(C)C)cc5c6c(cc1c3c46)B1c3ccc(C(=O)OCc4ccccc4)cc3N(c3ccccc3)c3cc(C(=O)OCc4ccccc4)cc-5c31)B1c3ccc(C(=O)OCc4ccccc4)cc3N(c3ccccc3)c3cc(C(=O)OCc4ccccc4)cc-2c31. The van der Waals surface area contributed by atoms with Crippen molar-refractivity contribution in [2.75, 3.05) is 9.80 Å². The fourth-order valence-electron chi connectivity index (χ4n) is 16.7. The van der Waals surface area contributed by atoms with Gasteiger partial charge in [-0.05, 0) is 206 Å². The third-order valence-electron chi connectivity index (χ3n) is 21.3. The number of benzene rings is 14. The lowest BCUT2D eigenvalue weighted by atomic mass is 9.31. The lowest BCUT2D eigenvalue weighted by Crippen LogP contribution is -2.60. The van der Waals surface area contributed by atoms with E-state index in [2.05, 4.69) is 124 Å². The van der Waals surface area contributed by atoms with E-state index in [4.69, 9.17) is 18.9 Å². The van der Waals surface area contributed by atoms with Gasteiger partial charge >= 0.3 is 23.9 Å². The van der Waals surface area contributed by atoms with Crippen molar-refractivity contribution < 1.29 is 38.1 Å². The van der Waals surface area contributed by atoms with Gasteiger partial charge in [-0.3, -0.25) is 0 Å². The molecule has 0 N–H and O–H groups in total. The molecule has 4 aliphatic rings. The van der Waals surface area contributed by atoms with Crippen LogP contribution >= 0.6 is 0 Å². The summed E-state index contributed by atoms with van der Waals surface area (Å²) in [5.74, 6) is -1.85. The van der Waals surface area contributed by atoms with Gasteiger partial charge in [0.25, 0.3) is 0 Å². The Morgan fingerprint density at radius 1 is 0.298 bits per heavy atom. The molecule has 0 saturated heterocycles. The monoisotopic (exact) mass is 1350 g/mol. The van der Waals surface area contributed by atoms with E-state index in [1.165, 1.54) is 0 Å². The number of anilines is 6. The molecule has 18 rings (SSSR count). The molecule has 0 fully saturated rings. The van der Waals surface area contributed by atoms with Crippen molar-refractivity contribution in [3.8, 4) is 22.3 Å². The van der Waals surface area contributed by atoms with Crippen molar-refractivity contribution in [1.29, 1.82) is 0 Å². The molecule has 4 aliphatic heterocycles. The fraction of sp³-hybridized carbons (Fsp3) is 0.130. The minimum Gasteiger partial charge on any atom is -0.457 e. The molecule has 0 aliphatic carbocycles. The second kappa shape index (κ2) is 24.8. The van der Waals surface area contributed by atoms with Crippen LogP contribution in [0, 0.1) is 0 Å². The van der Waals surface area contributed by atoms with Crippen LogP contribution in [-0.4, -0.2) is 37.3 Å². The highest BCUT2D eigenvalue weighted by molar-refractivity contribution is 7.02. The van der Waals surface area contributed by atoms with E-state index in [0.717, 1.165) is 155 Å². The van der Waals surface area contributed by atoms with Gasteiger partial charge < -0.3 is 28.7 Å². The Morgan fingerprint density at radius 3 is 0.913 bits per heavy atom. The summed E-state index contributed by atoms with van der Waals surface area (Å²) in [5.41, 5.74) is 21.2. The number of hydrogen-bond acceptors (Lipinski definition) is 10. The molecule has 0 radical (unpaired) electrons. The Balaban J connectivity index is 0.934. The van der Waals surface area contributed by atoms with E-state index >= 15 is 9.59 Å². The molecule has 104 heavy (non-hydrogen) atoms. The van der Waals surface area contributed by atoms with Crippen LogP contribution in [0.2, 0.25) is 0 Å². The molecule has 502 valence electrons. The Bertz CT molecular complexity index is 5500. The number of para-hydroxylation sites is 2. The van der Waals surface area contributed by atoms with Gasteiger partial charge in [-0.2, -0.15) is 0 Å². The predicted molar refractivity (Wildman–Crippen MR) is 419 cm³/mol. The lowest BCUT2D eigenvalue weighted by Gasteiger charge is -2.43. The van der Waals surface area contributed by atoms with E-state index < -0.39 is 48.1 Å². The minimum atomic E-state index is -0.469. The van der Waals surface area contributed by atoms with Crippen molar-refractivity contribution in [2.24, 2.45) is 0 Å². The van der Waals surface area contributed by atoms with Crippen LogP contribution in [0.25, 0.3) is 54.6 Å². The maximum absolute atomic E-state index is 15.2. The molecule has 0 saturated carbocycles. The number of fused-ring (bicyclic) bond motifs is 8. The van der Waals surface area contributed by atoms with Crippen molar-refractivity contribution in [3.63, 3.8) is 0 Å². The standard InChI is InChI=1S/C92H70B2N2O8/c1-91(2,3)71-47-65-67-41-61(89(99)103-53-57-29-17-9-18-30-57)45-79-85(67)94(74-40-38-60(88(98)102-52-56-27-15-8-16-28-56)44-78(74)95(79)63-33-21-11-22-34-63)76-50-70-72(92(4,5)6)48-66-68-42-62(90(100)104-54-58-31-19-10-20-32-58)46-80-86(68)93(75-49-69(71)83(81(65)76)84(70)82(66)75)73-39-37-59(87(97)101-51-55-25-13-7-14-26-55)43-77(73)96(80)64-35-23-12-24-36-64/h7-50H,51-54H2,1-6H3. The molecule has 14 aromatic rings. The fourth-order valence-corrected chi connectivity index (χ4v) is 16.7. The number of hydrogen-bond donors (Lipinski definition) is 0. The molecular weight excluding hydrogens is 1280 g/mol. The second-order valence-electron chi connectivity index (χ2n) is 29.9. The first-order valence-electron chi connectivity index (χ1n) is 35.6. The zero-order valence-corrected chi connectivity index (χ0v) is 58.5. The highest BCUT2D eigenvalue weighted by atomic mass is 16.5. The van der Waals surface area contributed by atoms with Crippen LogP contribution in [0.4, 0.5) is 34.1 Å². The normalized spacial score (nSPS) is 12.9. The predicted octanol–water partition coefficient (Wildman–Crippen LogP) is 17.2. The topological polar surface area (TPSA) is 112 Å². The second-order valence-corrected chi connectivity index (χ2v) is 29.9. The molecule has 12 heteroatoms. The quantitative estimate of drug-likeness (QED) is 0.0451. The average Bonchev–Trinajstić information content (AvgIpc) is 0.663. The summed E-state index contributed by atoms with van der Waals surface area (Å²) in [4.78, 5) is 64.1. The van der Waals surface area contributed by atoms with Crippen LogP contribution in [0.5, 0.6) is 0 Å². The zero-order valence-electron chi connectivity index (χ0n) is 58.5. The van der Waals surface area contributed by atoms with Crippen molar-refractivity contribution >= 4 is 137 Å². The Labute approximate surface area is 604 Å². The Hall–Kier alpha value is -12.3. The molecular formula is C92H70B2N2O8. The molecule has 10 nitrogen and oxygen atoms in total. The van der Waals surface area contributed by atoms with Gasteiger partial charge in [-0.1, -0.05) is 234 Å². The summed E-state index contributed by atoms with van der Waals surface area (Å²) in [5, 5.41) is 6.53. The highest BCUT2D eigenvalue weighted by Crippen LogP contribution is 2.53. The van der Waals surface area contributed by atoms with Gasteiger partial charge in [0.1, 0.15) is 26.4 Å². The molecule has 0 bridgehead atoms. The van der Waals surface area contributed by atoms with Gasteiger partial charge in [-0.15, -0.1) is 0 Å². The summed E-state index contributed by atoms with van der Waals surface area (Å²) < 4.78 is 24.9. The van der Waals surface area contributed by atoms with Crippen LogP contribution in [0.1, 0.15) is 116 Å². The molecule has 0 spiro atoms. The minimum absolute atomic E-state index is 0.0748. The molecule has 0 unspecified atom stereocenters. The number of carbonyl (C=O) groups is 4. The summed E-state index contributed by atoms with van der Waals surface area (Å²) in [6.07, 6.45) is 0. The van der Waals surface area contributed by atoms with Crippen LogP contribution in [0.15, 0.2) is 267 Å². The van der Waals surface area contributed by atoms with Crippen molar-refractivity contribution in [1.82, 2.24) is 0 Å². The maximum Gasteiger partial charge on any atom is 0.338 e. The largest absolute Gasteiger partial charge is 0.457 e. The van der Waals surface area contributed by atoms with Crippen LogP contribution < -0.4 is 42.6 Å². The van der Waals surface area contributed by atoms with Gasteiger partial charge in [-0.25, -0.2) is 19.2 Å². The number of rotatable bonds is 14. The van der Waals surface area contributed by atoms with Gasteiger partial charge in [0.05, 0.1) is 22.3 Å². The number of carbonyl (C=O) groups excluding carboxylic acids is 4. The molecule has 0 atom stereocenters. The molecule has 4 heterocycles. The summed E-state index contributed by atoms with van der Waals surface area (Å²) in [6.45, 7) is 13.2. The third kappa shape index (κ3) is 10.6. The number of ether oxygens (including phenoxy) is 4. The van der Waals surface area contributed by atoms with E-state index in [1.807, 2.05) is 194 Å². The van der Waals surface area contributed by atoms with Gasteiger partial charge in [0.15, 0.2) is 0 Å². The van der Waals surface area contributed by atoms with Gasteiger partial charge in [0, 0.05) is 34.1 Å². The van der Waals surface area contributed by atoms with Gasteiger partial charge in [0.2, 0.25) is 13.4 Å². The Kier molecular flexibility index (Phi) is 15.2. The summed E-state index contributed by atoms with van der Waals surface area (Å²) in [6, 6.07) is 89.0. The van der Waals surface area contributed by atoms with E-state index in [-0.39, 0.29) is 26.4 Å². The lowest BCUT2D eigenvalue weighted by molar-refractivity contribution is 0.0464. The molecule has 14 aromatic carbocycles. The number of esters is 4. The third-order valence-corrected chi connectivity index (χ3v) is 21.3. The van der Waals surface area contributed by atoms with E-state index in [9.17, 15) is 9.59 Å². The summed E-state index contributed by atoms with van der Waals surface area (Å²) in [7, 11) is 0. The first-order valence-corrected chi connectivity index (χ1v) is 35.6. The zero-order chi connectivity index (χ0) is 70.9. The average molecular weight is 1350 g/mol. The number of nitrogens with zero attached hydrogens (tertiary/aromatic N) is 2. The van der Waals surface area contributed by atoms with Crippen LogP contribution in [0.3, 0.4) is 0 Å². The smallest absolute Gasteiger partial charge is 0.338 e. The van der Waals surface area contributed by atoms with Crippen molar-refractivity contribution in [2.45, 2.75) is 78.8 Å². The van der Waals surface area contributed by atoms with Crippen molar-refractivity contribution in [3.05, 3.63) is 323 Å². The maximum atomic E-state index is 15.2. The van der Waals surface area contributed by atoms with Crippen LogP contribution in [-0.2, 0) is 56.2 Å². The van der Waals surface area contributed by atoms with E-state index in [1.54, 1.807) is 0 Å². The first-order chi connectivity index (χ1) is 50.5. The van der Waals surface area contributed by atoms with E-state index in [0.29, 0.717) is 22.3 Å². The summed E-state index contributed by atoms with van der Waals surface area (Å²) >= 11 is 0. The molecule has 0 amide bonds. The highest BCUT2D eigenvalue weighted by Gasteiger charge is 2.47.